The number of aromatic nitrogens is 1. The number of anilines is 1. The number of hydrogen-bond acceptors (Lipinski definition) is 2. The van der Waals surface area contributed by atoms with Crippen molar-refractivity contribution < 1.29 is 0 Å². The van der Waals surface area contributed by atoms with E-state index in [1.54, 1.807) is 6.20 Å². The fourth-order valence-corrected chi connectivity index (χ4v) is 3.28. The largest absolute Gasteiger partial charge is 0.382 e. The van der Waals surface area contributed by atoms with Gasteiger partial charge in [0.1, 0.15) is 5.15 Å². The maximum atomic E-state index is 5.96. The highest BCUT2D eigenvalue weighted by Gasteiger charge is 2.26. The van der Waals surface area contributed by atoms with Gasteiger partial charge in [-0.1, -0.05) is 54.8 Å². The minimum atomic E-state index is 0.476. The molecule has 2 atom stereocenters. The fraction of sp³-hybridized carbons (Fsp3) is 0.353. The molecule has 0 saturated heterocycles. The van der Waals surface area contributed by atoms with E-state index in [-0.39, 0.29) is 0 Å². The maximum absolute atomic E-state index is 5.96. The number of rotatable bonds is 3. The van der Waals surface area contributed by atoms with Crippen LogP contribution >= 0.6 is 11.6 Å². The number of benzene rings is 1. The lowest BCUT2D eigenvalue weighted by Crippen LogP contribution is -2.30. The first-order valence-corrected chi connectivity index (χ1v) is 7.64. The zero-order valence-corrected chi connectivity index (χ0v) is 12.2. The fourth-order valence-electron chi connectivity index (χ4n) is 3.11. The standard InChI is InChI=1S/C17H19ClN2/c18-17-12-14(10-11-19-17)20-16-9-5-4-8-15(16)13-6-2-1-3-7-13/h1-3,6-7,10-12,15-16H,4-5,8-9H2,(H,19,20). The van der Waals surface area contributed by atoms with Crippen LogP contribution in [-0.4, -0.2) is 11.0 Å². The molecule has 1 aromatic carbocycles. The third kappa shape index (κ3) is 3.13. The molecule has 1 fully saturated rings. The molecule has 2 aromatic rings. The van der Waals surface area contributed by atoms with Gasteiger partial charge in [-0.25, -0.2) is 4.98 Å². The summed E-state index contributed by atoms with van der Waals surface area (Å²) < 4.78 is 0. The van der Waals surface area contributed by atoms with Crippen molar-refractivity contribution in [3.63, 3.8) is 0 Å². The Labute approximate surface area is 125 Å². The van der Waals surface area contributed by atoms with Crippen LogP contribution in [0.1, 0.15) is 37.2 Å². The molecule has 0 amide bonds. The van der Waals surface area contributed by atoms with Crippen LogP contribution in [0.3, 0.4) is 0 Å². The zero-order valence-electron chi connectivity index (χ0n) is 11.4. The molecule has 2 unspecified atom stereocenters. The van der Waals surface area contributed by atoms with Gasteiger partial charge in [-0.15, -0.1) is 0 Å². The van der Waals surface area contributed by atoms with Crippen LogP contribution in [0.4, 0.5) is 5.69 Å². The predicted octanol–water partition coefficient (Wildman–Crippen LogP) is 4.87. The Kier molecular flexibility index (Phi) is 4.22. The van der Waals surface area contributed by atoms with Crippen LogP contribution in [0.15, 0.2) is 48.7 Å². The SMILES string of the molecule is Clc1cc(NC2CCCCC2c2ccccc2)ccn1. The highest BCUT2D eigenvalue weighted by Crippen LogP contribution is 2.35. The summed E-state index contributed by atoms with van der Waals surface area (Å²) >= 11 is 5.96. The van der Waals surface area contributed by atoms with E-state index < -0.39 is 0 Å². The van der Waals surface area contributed by atoms with Gasteiger partial charge in [0.15, 0.2) is 0 Å². The lowest BCUT2D eigenvalue weighted by molar-refractivity contribution is 0.405. The van der Waals surface area contributed by atoms with E-state index >= 15 is 0 Å². The van der Waals surface area contributed by atoms with Crippen LogP contribution in [-0.2, 0) is 0 Å². The van der Waals surface area contributed by atoms with Crippen molar-refractivity contribution in [2.75, 3.05) is 5.32 Å². The average Bonchev–Trinajstić information content (AvgIpc) is 2.49. The van der Waals surface area contributed by atoms with Crippen LogP contribution in [0.2, 0.25) is 5.15 Å². The average molecular weight is 287 g/mol. The summed E-state index contributed by atoms with van der Waals surface area (Å²) in [6.07, 6.45) is 6.82. The summed E-state index contributed by atoms with van der Waals surface area (Å²) in [6, 6.07) is 15.2. The molecular weight excluding hydrogens is 268 g/mol. The highest BCUT2D eigenvalue weighted by atomic mass is 35.5. The van der Waals surface area contributed by atoms with Crippen molar-refractivity contribution in [2.45, 2.75) is 37.6 Å². The third-order valence-corrected chi connectivity index (χ3v) is 4.28. The van der Waals surface area contributed by atoms with Crippen LogP contribution in [0.25, 0.3) is 0 Å². The molecular formula is C17H19ClN2. The zero-order chi connectivity index (χ0) is 13.8. The Morgan fingerprint density at radius 2 is 1.85 bits per heavy atom. The first-order valence-electron chi connectivity index (χ1n) is 7.26. The summed E-state index contributed by atoms with van der Waals surface area (Å²) in [5.74, 6) is 0.580. The molecule has 0 aliphatic heterocycles. The van der Waals surface area contributed by atoms with Crippen molar-refractivity contribution >= 4 is 17.3 Å². The number of nitrogens with one attached hydrogen (secondary N) is 1. The summed E-state index contributed by atoms with van der Waals surface area (Å²) in [5.41, 5.74) is 2.50. The second-order valence-electron chi connectivity index (χ2n) is 5.42. The lowest BCUT2D eigenvalue weighted by atomic mass is 9.80. The van der Waals surface area contributed by atoms with Gasteiger partial charge in [-0.3, -0.25) is 0 Å². The Bertz CT molecular complexity index is 556. The Morgan fingerprint density at radius 3 is 2.65 bits per heavy atom. The molecule has 0 bridgehead atoms. The maximum Gasteiger partial charge on any atom is 0.131 e. The Morgan fingerprint density at radius 1 is 1.05 bits per heavy atom. The Hall–Kier alpha value is -1.54. The smallest absolute Gasteiger partial charge is 0.131 e. The van der Waals surface area contributed by atoms with Crippen LogP contribution in [0, 0.1) is 0 Å². The topological polar surface area (TPSA) is 24.9 Å². The predicted molar refractivity (Wildman–Crippen MR) is 84.3 cm³/mol. The molecule has 0 spiro atoms. The monoisotopic (exact) mass is 286 g/mol. The summed E-state index contributed by atoms with van der Waals surface area (Å²) in [4.78, 5) is 4.04. The van der Waals surface area contributed by atoms with Gasteiger partial charge in [0, 0.05) is 23.8 Å². The first-order chi connectivity index (χ1) is 9.83. The van der Waals surface area contributed by atoms with Gasteiger partial charge in [-0.2, -0.15) is 0 Å². The molecule has 3 rings (SSSR count). The van der Waals surface area contributed by atoms with Crippen LogP contribution < -0.4 is 5.32 Å². The van der Waals surface area contributed by atoms with Crippen molar-refractivity contribution in [2.24, 2.45) is 0 Å². The molecule has 1 saturated carbocycles. The Balaban J connectivity index is 1.79. The van der Waals surface area contributed by atoms with Gasteiger partial charge >= 0.3 is 0 Å². The summed E-state index contributed by atoms with van der Waals surface area (Å²) in [6.45, 7) is 0. The molecule has 104 valence electrons. The molecule has 1 heterocycles. The minimum absolute atomic E-state index is 0.476. The van der Waals surface area contributed by atoms with Gasteiger partial charge in [-0.05, 0) is 30.5 Å². The van der Waals surface area contributed by atoms with E-state index in [4.69, 9.17) is 11.6 Å². The second-order valence-corrected chi connectivity index (χ2v) is 5.81. The second kappa shape index (κ2) is 6.27. The van der Waals surface area contributed by atoms with Crippen molar-refractivity contribution in [1.29, 1.82) is 0 Å². The van der Waals surface area contributed by atoms with Crippen LogP contribution in [0.5, 0.6) is 0 Å². The van der Waals surface area contributed by atoms with E-state index in [0.717, 1.165) is 5.69 Å². The molecule has 1 aromatic heterocycles. The van der Waals surface area contributed by atoms with Gasteiger partial charge < -0.3 is 5.32 Å². The minimum Gasteiger partial charge on any atom is -0.382 e. The van der Waals surface area contributed by atoms with E-state index in [1.807, 2.05) is 12.1 Å². The molecule has 20 heavy (non-hydrogen) atoms. The normalized spacial score (nSPS) is 22.4. The van der Waals surface area contributed by atoms with E-state index in [0.29, 0.717) is 17.1 Å². The highest BCUT2D eigenvalue weighted by molar-refractivity contribution is 6.29. The van der Waals surface area contributed by atoms with E-state index in [2.05, 4.69) is 40.6 Å². The van der Waals surface area contributed by atoms with Crippen molar-refractivity contribution in [3.8, 4) is 0 Å². The lowest BCUT2D eigenvalue weighted by Gasteiger charge is -2.33. The molecule has 1 aliphatic carbocycles. The van der Waals surface area contributed by atoms with E-state index in [9.17, 15) is 0 Å². The molecule has 1 N–H and O–H groups in total. The van der Waals surface area contributed by atoms with Crippen molar-refractivity contribution in [3.05, 3.63) is 59.4 Å². The quantitative estimate of drug-likeness (QED) is 0.814. The first kappa shape index (κ1) is 13.4. The molecule has 1 aliphatic rings. The number of hydrogen-bond donors (Lipinski definition) is 1. The van der Waals surface area contributed by atoms with Gasteiger partial charge in [0.25, 0.3) is 0 Å². The van der Waals surface area contributed by atoms with Gasteiger partial charge in [0.2, 0.25) is 0 Å². The van der Waals surface area contributed by atoms with Gasteiger partial charge in [0.05, 0.1) is 0 Å². The third-order valence-electron chi connectivity index (χ3n) is 4.07. The van der Waals surface area contributed by atoms with E-state index in [1.165, 1.54) is 31.2 Å². The van der Waals surface area contributed by atoms with Crippen molar-refractivity contribution in [1.82, 2.24) is 4.98 Å². The summed E-state index contributed by atoms with van der Waals surface area (Å²) in [7, 11) is 0. The number of pyridine rings is 1. The molecule has 0 radical (unpaired) electrons. The number of nitrogens with zero attached hydrogens (tertiary/aromatic N) is 1. The summed E-state index contributed by atoms with van der Waals surface area (Å²) in [5, 5.41) is 4.19. The number of halogens is 1. The molecule has 3 heteroatoms. The molecule has 2 nitrogen and oxygen atoms in total.